The van der Waals surface area contributed by atoms with Crippen LogP contribution in [0.4, 0.5) is 5.13 Å². The van der Waals surface area contributed by atoms with E-state index in [1.165, 1.54) is 42.8 Å². The van der Waals surface area contributed by atoms with Crippen LogP contribution in [0.5, 0.6) is 0 Å². The Morgan fingerprint density at radius 2 is 2.14 bits per heavy atom. The molecular formula is C15H27N3OS2. The van der Waals surface area contributed by atoms with Gasteiger partial charge in [0.15, 0.2) is 5.13 Å². The van der Waals surface area contributed by atoms with Crippen LogP contribution in [0.1, 0.15) is 45.2 Å². The summed E-state index contributed by atoms with van der Waals surface area (Å²) < 4.78 is 0. The van der Waals surface area contributed by atoms with Gasteiger partial charge >= 0.3 is 0 Å². The Morgan fingerprint density at radius 3 is 2.81 bits per heavy atom. The Hall–Kier alpha value is -0.590. The van der Waals surface area contributed by atoms with E-state index in [1.807, 2.05) is 24.1 Å². The smallest absolute Gasteiger partial charge is 0.225 e. The van der Waals surface area contributed by atoms with Crippen molar-refractivity contribution in [1.29, 1.82) is 0 Å². The molecule has 0 aliphatic heterocycles. The molecule has 0 saturated carbocycles. The predicted octanol–water partition coefficient (Wildman–Crippen LogP) is 3.53. The Morgan fingerprint density at radius 1 is 1.38 bits per heavy atom. The summed E-state index contributed by atoms with van der Waals surface area (Å²) in [5.74, 6) is 1.33. The summed E-state index contributed by atoms with van der Waals surface area (Å²) in [5.41, 5.74) is 1.03. The maximum atomic E-state index is 11.5. The molecule has 0 fully saturated rings. The van der Waals surface area contributed by atoms with Crippen molar-refractivity contribution in [3.05, 3.63) is 11.1 Å². The largest absolute Gasteiger partial charge is 0.311 e. The SMILES string of the molecule is CCN(C(C)=O)c1nc(CNCCCCCCSC)cs1. The van der Waals surface area contributed by atoms with E-state index in [1.54, 1.807) is 11.8 Å². The normalized spacial score (nSPS) is 10.8. The number of aromatic nitrogens is 1. The Balaban J connectivity index is 2.19. The molecule has 6 heteroatoms. The number of anilines is 1. The fraction of sp³-hybridized carbons (Fsp3) is 0.733. The molecule has 0 saturated heterocycles. The van der Waals surface area contributed by atoms with Gasteiger partial charge in [-0.15, -0.1) is 11.3 Å². The first-order valence-electron chi connectivity index (χ1n) is 7.61. The highest BCUT2D eigenvalue weighted by atomic mass is 32.2. The van der Waals surface area contributed by atoms with Crippen molar-refractivity contribution in [2.24, 2.45) is 0 Å². The van der Waals surface area contributed by atoms with Gasteiger partial charge in [0.1, 0.15) is 0 Å². The van der Waals surface area contributed by atoms with Crippen molar-refractivity contribution in [3.63, 3.8) is 0 Å². The highest BCUT2D eigenvalue weighted by Gasteiger charge is 2.12. The number of nitrogens with zero attached hydrogens (tertiary/aromatic N) is 2. The number of carbonyl (C=O) groups is 1. The van der Waals surface area contributed by atoms with Crippen molar-refractivity contribution in [2.45, 2.75) is 46.1 Å². The van der Waals surface area contributed by atoms with Gasteiger partial charge in [-0.1, -0.05) is 12.8 Å². The average molecular weight is 330 g/mol. The first-order valence-corrected chi connectivity index (χ1v) is 9.88. The molecule has 1 rings (SSSR count). The van der Waals surface area contributed by atoms with Crippen molar-refractivity contribution < 1.29 is 4.79 Å². The fourth-order valence-electron chi connectivity index (χ4n) is 2.06. The molecule has 0 aromatic carbocycles. The Bertz CT molecular complexity index is 409. The van der Waals surface area contributed by atoms with Gasteiger partial charge in [-0.05, 0) is 38.3 Å². The van der Waals surface area contributed by atoms with Gasteiger partial charge in [-0.2, -0.15) is 11.8 Å². The van der Waals surface area contributed by atoms with Gasteiger partial charge in [0.25, 0.3) is 0 Å². The molecular weight excluding hydrogens is 302 g/mol. The second-order valence-electron chi connectivity index (χ2n) is 4.97. The molecule has 1 heterocycles. The van der Waals surface area contributed by atoms with Gasteiger partial charge in [-0.25, -0.2) is 4.98 Å². The number of hydrogen-bond acceptors (Lipinski definition) is 5. The van der Waals surface area contributed by atoms with Crippen LogP contribution in [-0.4, -0.2) is 36.0 Å². The topological polar surface area (TPSA) is 45.2 Å². The maximum Gasteiger partial charge on any atom is 0.225 e. The molecule has 4 nitrogen and oxygen atoms in total. The first kappa shape index (κ1) is 18.5. The van der Waals surface area contributed by atoms with Crippen LogP contribution in [0.3, 0.4) is 0 Å². The van der Waals surface area contributed by atoms with Crippen LogP contribution in [0, 0.1) is 0 Å². The summed E-state index contributed by atoms with van der Waals surface area (Å²) >= 11 is 3.46. The third kappa shape index (κ3) is 7.29. The molecule has 0 spiro atoms. The highest BCUT2D eigenvalue weighted by molar-refractivity contribution is 7.98. The minimum atomic E-state index is 0.0524. The number of rotatable bonds is 11. The van der Waals surface area contributed by atoms with Gasteiger partial charge in [-0.3, -0.25) is 9.69 Å². The summed E-state index contributed by atoms with van der Waals surface area (Å²) in [6.07, 6.45) is 7.33. The maximum absolute atomic E-state index is 11.5. The molecule has 0 unspecified atom stereocenters. The molecule has 0 bridgehead atoms. The Labute approximate surface area is 136 Å². The number of hydrogen-bond donors (Lipinski definition) is 1. The van der Waals surface area contributed by atoms with E-state index in [0.29, 0.717) is 6.54 Å². The first-order chi connectivity index (χ1) is 10.2. The lowest BCUT2D eigenvalue weighted by Crippen LogP contribution is -2.27. The number of unbranched alkanes of at least 4 members (excludes halogenated alkanes) is 3. The minimum absolute atomic E-state index is 0.0524. The van der Waals surface area contributed by atoms with Gasteiger partial charge < -0.3 is 5.32 Å². The standard InChI is InChI=1S/C15H27N3OS2/c1-4-18(13(2)19)15-17-14(12-21-15)11-16-9-7-5-6-8-10-20-3/h12,16H,4-11H2,1-3H3. The monoisotopic (exact) mass is 329 g/mol. The molecule has 0 aliphatic carbocycles. The lowest BCUT2D eigenvalue weighted by Gasteiger charge is -2.14. The van der Waals surface area contributed by atoms with E-state index in [0.717, 1.165) is 23.9 Å². The van der Waals surface area contributed by atoms with Crippen molar-refractivity contribution in [3.8, 4) is 0 Å². The molecule has 1 aromatic rings. The lowest BCUT2D eigenvalue weighted by molar-refractivity contribution is -0.116. The second-order valence-corrected chi connectivity index (χ2v) is 6.79. The second kappa shape index (κ2) is 11.0. The fourth-order valence-corrected chi connectivity index (χ4v) is 3.49. The average Bonchev–Trinajstić information content (AvgIpc) is 2.91. The quantitative estimate of drug-likeness (QED) is 0.631. The lowest BCUT2D eigenvalue weighted by atomic mass is 10.2. The minimum Gasteiger partial charge on any atom is -0.311 e. The van der Waals surface area contributed by atoms with E-state index in [9.17, 15) is 4.79 Å². The zero-order chi connectivity index (χ0) is 15.5. The number of thioether (sulfide) groups is 1. The van der Waals surface area contributed by atoms with E-state index in [4.69, 9.17) is 0 Å². The third-order valence-electron chi connectivity index (χ3n) is 3.22. The van der Waals surface area contributed by atoms with Crippen molar-refractivity contribution in [2.75, 3.05) is 30.0 Å². The van der Waals surface area contributed by atoms with Gasteiger partial charge in [0.05, 0.1) is 5.69 Å². The molecule has 120 valence electrons. The summed E-state index contributed by atoms with van der Waals surface area (Å²) in [6.45, 7) is 6.05. The van der Waals surface area contributed by atoms with Crippen LogP contribution in [0.15, 0.2) is 5.38 Å². The summed E-state index contributed by atoms with van der Waals surface area (Å²) in [4.78, 5) is 17.7. The molecule has 0 aliphatic rings. The molecule has 1 amide bonds. The summed E-state index contributed by atoms with van der Waals surface area (Å²) in [5, 5.41) is 6.27. The van der Waals surface area contributed by atoms with Crippen LogP contribution in [0.25, 0.3) is 0 Å². The van der Waals surface area contributed by atoms with Crippen LogP contribution in [0.2, 0.25) is 0 Å². The van der Waals surface area contributed by atoms with Crippen LogP contribution >= 0.6 is 23.1 Å². The van der Waals surface area contributed by atoms with E-state index < -0.39 is 0 Å². The zero-order valence-electron chi connectivity index (χ0n) is 13.4. The summed E-state index contributed by atoms with van der Waals surface area (Å²) in [7, 11) is 0. The number of carbonyl (C=O) groups excluding carboxylic acids is 1. The van der Waals surface area contributed by atoms with Gasteiger partial charge in [0.2, 0.25) is 5.91 Å². The van der Waals surface area contributed by atoms with E-state index in [2.05, 4.69) is 16.6 Å². The zero-order valence-corrected chi connectivity index (χ0v) is 15.0. The van der Waals surface area contributed by atoms with Crippen molar-refractivity contribution >= 4 is 34.1 Å². The molecule has 1 N–H and O–H groups in total. The number of thiazole rings is 1. The molecule has 21 heavy (non-hydrogen) atoms. The van der Waals surface area contributed by atoms with E-state index in [-0.39, 0.29) is 5.91 Å². The number of nitrogens with one attached hydrogen (secondary N) is 1. The molecule has 1 aromatic heterocycles. The molecule has 0 radical (unpaired) electrons. The number of amides is 1. The summed E-state index contributed by atoms with van der Waals surface area (Å²) in [6, 6.07) is 0. The van der Waals surface area contributed by atoms with Crippen molar-refractivity contribution in [1.82, 2.24) is 10.3 Å². The van der Waals surface area contributed by atoms with Crippen LogP contribution in [-0.2, 0) is 11.3 Å². The highest BCUT2D eigenvalue weighted by Crippen LogP contribution is 2.20. The van der Waals surface area contributed by atoms with E-state index >= 15 is 0 Å². The van der Waals surface area contributed by atoms with Gasteiger partial charge in [0, 0.05) is 25.4 Å². The third-order valence-corrected chi connectivity index (χ3v) is 4.83. The Kier molecular flexibility index (Phi) is 9.70. The van der Waals surface area contributed by atoms with Crippen LogP contribution < -0.4 is 10.2 Å². The predicted molar refractivity (Wildman–Crippen MR) is 94.4 cm³/mol. The molecule has 0 atom stereocenters.